The van der Waals surface area contributed by atoms with Crippen molar-refractivity contribution in [3.8, 4) is 5.75 Å². The lowest BCUT2D eigenvalue weighted by Gasteiger charge is -2.17. The third-order valence-electron chi connectivity index (χ3n) is 1.91. The summed E-state index contributed by atoms with van der Waals surface area (Å²) in [6, 6.07) is 4.90. The average Bonchev–Trinajstić information content (AvgIpc) is 2.09. The molecule has 0 fully saturated rings. The Morgan fingerprint density at radius 3 is 2.67 bits per heavy atom. The van der Waals surface area contributed by atoms with Crippen LogP contribution in [0.3, 0.4) is 0 Å². The standard InChI is InChI=1S/C11H16ClNO2/c1-11(2,15)7-13-6-8-5-9(12)3-4-10(8)14/h3-5,13-15H,6-7H2,1-2H3. The molecule has 1 aromatic rings. The lowest BCUT2D eigenvalue weighted by Crippen LogP contribution is -2.34. The zero-order valence-corrected chi connectivity index (χ0v) is 9.67. The number of phenols is 1. The van der Waals surface area contributed by atoms with Crippen molar-refractivity contribution in [1.29, 1.82) is 0 Å². The van der Waals surface area contributed by atoms with E-state index in [0.29, 0.717) is 18.1 Å². The van der Waals surface area contributed by atoms with Crippen molar-refractivity contribution in [2.45, 2.75) is 26.0 Å². The highest BCUT2D eigenvalue weighted by atomic mass is 35.5. The summed E-state index contributed by atoms with van der Waals surface area (Å²) in [5.74, 6) is 0.211. The summed E-state index contributed by atoms with van der Waals surface area (Å²) in [6.07, 6.45) is 0. The van der Waals surface area contributed by atoms with Gasteiger partial charge in [0.1, 0.15) is 5.75 Å². The molecule has 0 atom stereocenters. The van der Waals surface area contributed by atoms with E-state index >= 15 is 0 Å². The number of hydrogen-bond acceptors (Lipinski definition) is 3. The molecule has 0 saturated heterocycles. The van der Waals surface area contributed by atoms with E-state index in [1.165, 1.54) is 0 Å². The highest BCUT2D eigenvalue weighted by Crippen LogP contribution is 2.21. The van der Waals surface area contributed by atoms with Crippen LogP contribution in [0, 0.1) is 0 Å². The van der Waals surface area contributed by atoms with Crippen molar-refractivity contribution < 1.29 is 10.2 Å². The Hall–Kier alpha value is -0.770. The predicted octanol–water partition coefficient (Wildman–Crippen LogP) is 1.91. The van der Waals surface area contributed by atoms with Gasteiger partial charge in [-0.2, -0.15) is 0 Å². The predicted molar refractivity (Wildman–Crippen MR) is 61.1 cm³/mol. The van der Waals surface area contributed by atoms with Crippen molar-refractivity contribution >= 4 is 11.6 Å². The van der Waals surface area contributed by atoms with E-state index in [1.54, 1.807) is 32.0 Å². The number of rotatable bonds is 4. The van der Waals surface area contributed by atoms with Gasteiger partial charge < -0.3 is 15.5 Å². The van der Waals surface area contributed by atoms with Crippen LogP contribution in [-0.4, -0.2) is 22.4 Å². The SMILES string of the molecule is CC(C)(O)CNCc1cc(Cl)ccc1O. The summed E-state index contributed by atoms with van der Waals surface area (Å²) in [4.78, 5) is 0. The minimum atomic E-state index is -0.756. The molecule has 0 saturated carbocycles. The lowest BCUT2D eigenvalue weighted by molar-refractivity contribution is 0.0794. The third-order valence-corrected chi connectivity index (χ3v) is 2.15. The van der Waals surface area contributed by atoms with Gasteiger partial charge in [-0.3, -0.25) is 0 Å². The minimum Gasteiger partial charge on any atom is -0.508 e. The molecule has 0 aromatic heterocycles. The number of aliphatic hydroxyl groups is 1. The van der Waals surface area contributed by atoms with Gasteiger partial charge in [0.15, 0.2) is 0 Å². The molecule has 0 radical (unpaired) electrons. The molecule has 0 amide bonds. The zero-order chi connectivity index (χ0) is 11.5. The molecule has 1 rings (SSSR count). The second-order valence-corrected chi connectivity index (χ2v) is 4.63. The van der Waals surface area contributed by atoms with Crippen LogP contribution >= 0.6 is 11.6 Å². The minimum absolute atomic E-state index is 0.211. The molecule has 0 heterocycles. The lowest BCUT2D eigenvalue weighted by atomic mass is 10.1. The number of aromatic hydroxyl groups is 1. The number of hydrogen-bond donors (Lipinski definition) is 3. The molecule has 3 nitrogen and oxygen atoms in total. The molecule has 0 aliphatic carbocycles. The average molecular weight is 230 g/mol. The Morgan fingerprint density at radius 1 is 1.40 bits per heavy atom. The van der Waals surface area contributed by atoms with Gasteiger partial charge >= 0.3 is 0 Å². The maximum Gasteiger partial charge on any atom is 0.120 e. The van der Waals surface area contributed by atoms with Gasteiger partial charge in [-0.25, -0.2) is 0 Å². The van der Waals surface area contributed by atoms with Gasteiger partial charge in [-0.05, 0) is 32.0 Å². The van der Waals surface area contributed by atoms with E-state index in [2.05, 4.69) is 5.32 Å². The van der Waals surface area contributed by atoms with Crippen molar-refractivity contribution in [1.82, 2.24) is 5.32 Å². The molecule has 0 spiro atoms. The van der Waals surface area contributed by atoms with Crippen LogP contribution < -0.4 is 5.32 Å². The van der Waals surface area contributed by atoms with E-state index in [0.717, 1.165) is 5.56 Å². The Labute approximate surface area is 94.7 Å². The molecule has 0 aliphatic heterocycles. The molecule has 84 valence electrons. The molecular weight excluding hydrogens is 214 g/mol. The first-order chi connectivity index (χ1) is 6.88. The second-order valence-electron chi connectivity index (χ2n) is 4.19. The van der Waals surface area contributed by atoms with E-state index in [9.17, 15) is 10.2 Å². The monoisotopic (exact) mass is 229 g/mol. The van der Waals surface area contributed by atoms with E-state index < -0.39 is 5.60 Å². The highest BCUT2D eigenvalue weighted by Gasteiger charge is 2.11. The fourth-order valence-corrected chi connectivity index (χ4v) is 1.39. The summed E-state index contributed by atoms with van der Waals surface area (Å²) < 4.78 is 0. The van der Waals surface area contributed by atoms with Gasteiger partial charge in [-0.1, -0.05) is 11.6 Å². The molecule has 3 N–H and O–H groups in total. The fraction of sp³-hybridized carbons (Fsp3) is 0.455. The van der Waals surface area contributed by atoms with Gasteiger partial charge in [0.2, 0.25) is 0 Å². The number of benzene rings is 1. The van der Waals surface area contributed by atoms with Gasteiger partial charge in [-0.15, -0.1) is 0 Å². The van der Waals surface area contributed by atoms with Gasteiger partial charge in [0.05, 0.1) is 5.60 Å². The Bertz CT molecular complexity index is 334. The number of halogens is 1. The zero-order valence-electron chi connectivity index (χ0n) is 8.92. The van der Waals surface area contributed by atoms with Crippen LogP contribution in [0.5, 0.6) is 5.75 Å². The van der Waals surface area contributed by atoms with Crippen LogP contribution in [-0.2, 0) is 6.54 Å². The summed E-state index contributed by atoms with van der Waals surface area (Å²) in [7, 11) is 0. The molecule has 0 unspecified atom stereocenters. The maximum absolute atomic E-state index is 9.50. The first kappa shape index (κ1) is 12.3. The van der Waals surface area contributed by atoms with Crippen LogP contribution in [0.15, 0.2) is 18.2 Å². The smallest absolute Gasteiger partial charge is 0.120 e. The first-order valence-electron chi connectivity index (χ1n) is 4.79. The quantitative estimate of drug-likeness (QED) is 0.739. The first-order valence-corrected chi connectivity index (χ1v) is 5.17. The molecule has 0 bridgehead atoms. The van der Waals surface area contributed by atoms with Crippen LogP contribution in [0.4, 0.5) is 0 Å². The van der Waals surface area contributed by atoms with E-state index in [-0.39, 0.29) is 5.75 Å². The normalized spacial score (nSPS) is 11.7. The van der Waals surface area contributed by atoms with E-state index in [1.807, 2.05) is 0 Å². The fourth-order valence-electron chi connectivity index (χ4n) is 1.20. The summed E-state index contributed by atoms with van der Waals surface area (Å²) in [6.45, 7) is 4.38. The third kappa shape index (κ3) is 4.51. The summed E-state index contributed by atoms with van der Waals surface area (Å²) in [5, 5.41) is 22.6. The largest absolute Gasteiger partial charge is 0.508 e. The Kier molecular flexibility index (Phi) is 3.97. The molecule has 0 aliphatic rings. The highest BCUT2D eigenvalue weighted by molar-refractivity contribution is 6.30. The van der Waals surface area contributed by atoms with Gasteiger partial charge in [0, 0.05) is 23.7 Å². The molecule has 4 heteroatoms. The van der Waals surface area contributed by atoms with Crippen molar-refractivity contribution in [3.05, 3.63) is 28.8 Å². The molecule has 15 heavy (non-hydrogen) atoms. The van der Waals surface area contributed by atoms with Crippen LogP contribution in [0.1, 0.15) is 19.4 Å². The Balaban J connectivity index is 2.54. The van der Waals surface area contributed by atoms with Crippen molar-refractivity contribution in [3.63, 3.8) is 0 Å². The van der Waals surface area contributed by atoms with Crippen LogP contribution in [0.2, 0.25) is 5.02 Å². The summed E-state index contributed by atoms with van der Waals surface area (Å²) in [5.41, 5.74) is -0.0273. The maximum atomic E-state index is 9.50. The summed E-state index contributed by atoms with van der Waals surface area (Å²) >= 11 is 5.80. The molecule has 1 aromatic carbocycles. The molecular formula is C11H16ClNO2. The van der Waals surface area contributed by atoms with E-state index in [4.69, 9.17) is 11.6 Å². The van der Waals surface area contributed by atoms with Gasteiger partial charge in [0.25, 0.3) is 0 Å². The van der Waals surface area contributed by atoms with Crippen molar-refractivity contribution in [2.75, 3.05) is 6.54 Å². The number of nitrogens with one attached hydrogen (secondary N) is 1. The topological polar surface area (TPSA) is 52.5 Å². The second kappa shape index (κ2) is 4.84. The van der Waals surface area contributed by atoms with Crippen molar-refractivity contribution in [2.24, 2.45) is 0 Å². The Morgan fingerprint density at radius 2 is 2.07 bits per heavy atom. The van der Waals surface area contributed by atoms with Crippen LogP contribution in [0.25, 0.3) is 0 Å². The number of phenolic OH excluding ortho intramolecular Hbond substituents is 1.